The molecule has 2 nitrogen and oxygen atoms in total. The van der Waals surface area contributed by atoms with E-state index in [0.717, 1.165) is 15.7 Å². The minimum atomic E-state index is -0.0633. The molecule has 0 bridgehead atoms. The standard InChI is InChI=1S/C15H13BrClNO/c1-10-5-3-4-6-14(10)18(2)15(19)11-7-8-13(17)12(16)9-11/h3-9H,1-2H3. The van der Waals surface area contributed by atoms with Crippen molar-refractivity contribution in [3.05, 3.63) is 63.1 Å². The van der Waals surface area contributed by atoms with Crippen LogP contribution in [0.4, 0.5) is 5.69 Å². The van der Waals surface area contributed by atoms with Gasteiger partial charge in [-0.05, 0) is 52.7 Å². The maximum Gasteiger partial charge on any atom is 0.258 e. The van der Waals surface area contributed by atoms with E-state index >= 15 is 0 Å². The van der Waals surface area contributed by atoms with Gasteiger partial charge >= 0.3 is 0 Å². The van der Waals surface area contributed by atoms with Gasteiger partial charge in [0.05, 0.1) is 5.02 Å². The predicted octanol–water partition coefficient (Wildman–Crippen LogP) is 4.69. The lowest BCUT2D eigenvalue weighted by molar-refractivity contribution is 0.0993. The Bertz CT molecular complexity index is 627. The van der Waals surface area contributed by atoms with Crippen molar-refractivity contribution >= 4 is 39.1 Å². The second-order valence-corrected chi connectivity index (χ2v) is 5.54. The number of rotatable bonds is 2. The molecule has 2 aromatic carbocycles. The second kappa shape index (κ2) is 5.76. The molecule has 0 fully saturated rings. The zero-order valence-corrected chi connectivity index (χ0v) is 13.0. The second-order valence-electron chi connectivity index (χ2n) is 4.28. The summed E-state index contributed by atoms with van der Waals surface area (Å²) in [6, 6.07) is 13.0. The number of para-hydroxylation sites is 1. The van der Waals surface area contributed by atoms with E-state index in [4.69, 9.17) is 11.6 Å². The highest BCUT2D eigenvalue weighted by Crippen LogP contribution is 2.25. The molecule has 2 aromatic rings. The fraction of sp³-hybridized carbons (Fsp3) is 0.133. The van der Waals surface area contributed by atoms with Crippen molar-refractivity contribution in [1.82, 2.24) is 0 Å². The van der Waals surface area contributed by atoms with Gasteiger partial charge in [0.15, 0.2) is 0 Å². The van der Waals surface area contributed by atoms with Crippen LogP contribution in [-0.2, 0) is 0 Å². The van der Waals surface area contributed by atoms with E-state index in [2.05, 4.69) is 15.9 Å². The van der Waals surface area contributed by atoms with Crippen molar-refractivity contribution in [2.45, 2.75) is 6.92 Å². The summed E-state index contributed by atoms with van der Waals surface area (Å²) >= 11 is 9.27. The molecule has 0 atom stereocenters. The van der Waals surface area contributed by atoms with Crippen molar-refractivity contribution in [3.63, 3.8) is 0 Å². The largest absolute Gasteiger partial charge is 0.311 e. The van der Waals surface area contributed by atoms with Crippen molar-refractivity contribution in [3.8, 4) is 0 Å². The Morgan fingerprint density at radius 1 is 1.21 bits per heavy atom. The van der Waals surface area contributed by atoms with Crippen LogP contribution in [0.2, 0.25) is 5.02 Å². The molecule has 0 saturated carbocycles. The van der Waals surface area contributed by atoms with Gasteiger partial charge in [0.1, 0.15) is 0 Å². The molecule has 1 amide bonds. The van der Waals surface area contributed by atoms with Crippen LogP contribution in [0.25, 0.3) is 0 Å². The third-order valence-electron chi connectivity index (χ3n) is 2.95. The molecule has 2 rings (SSSR count). The van der Waals surface area contributed by atoms with Gasteiger partial charge in [-0.1, -0.05) is 29.8 Å². The van der Waals surface area contributed by atoms with Gasteiger partial charge in [-0.2, -0.15) is 0 Å². The number of anilines is 1. The zero-order chi connectivity index (χ0) is 14.0. The van der Waals surface area contributed by atoms with Crippen molar-refractivity contribution in [1.29, 1.82) is 0 Å². The smallest absolute Gasteiger partial charge is 0.258 e. The van der Waals surface area contributed by atoms with E-state index in [1.54, 1.807) is 30.1 Å². The lowest BCUT2D eigenvalue weighted by Crippen LogP contribution is -2.26. The Hall–Kier alpha value is -1.32. The first-order chi connectivity index (χ1) is 9.00. The summed E-state index contributed by atoms with van der Waals surface area (Å²) in [6.45, 7) is 1.98. The number of nitrogens with zero attached hydrogens (tertiary/aromatic N) is 1. The molecule has 0 heterocycles. The monoisotopic (exact) mass is 337 g/mol. The van der Waals surface area contributed by atoms with Crippen molar-refractivity contribution < 1.29 is 4.79 Å². The van der Waals surface area contributed by atoms with Crippen LogP contribution in [0.1, 0.15) is 15.9 Å². The molecule has 0 unspecified atom stereocenters. The first-order valence-corrected chi connectivity index (χ1v) is 6.96. The fourth-order valence-corrected chi connectivity index (χ4v) is 2.37. The first kappa shape index (κ1) is 14.1. The quantitative estimate of drug-likeness (QED) is 0.778. The summed E-state index contributed by atoms with van der Waals surface area (Å²) in [7, 11) is 1.77. The SMILES string of the molecule is Cc1ccccc1N(C)C(=O)c1ccc(Cl)c(Br)c1. The minimum absolute atomic E-state index is 0.0633. The molecule has 19 heavy (non-hydrogen) atoms. The molecule has 0 aromatic heterocycles. The molecule has 0 aliphatic carbocycles. The van der Waals surface area contributed by atoms with E-state index in [1.165, 1.54) is 0 Å². The van der Waals surface area contributed by atoms with Crippen molar-refractivity contribution in [2.75, 3.05) is 11.9 Å². The molecule has 0 N–H and O–H groups in total. The average molecular weight is 339 g/mol. The van der Waals surface area contributed by atoms with Gasteiger partial charge in [-0.3, -0.25) is 4.79 Å². The molecular formula is C15H13BrClNO. The van der Waals surface area contributed by atoms with Crippen LogP contribution in [-0.4, -0.2) is 13.0 Å². The number of hydrogen-bond acceptors (Lipinski definition) is 1. The molecule has 0 aliphatic rings. The van der Waals surface area contributed by atoms with Crippen LogP contribution >= 0.6 is 27.5 Å². The Morgan fingerprint density at radius 2 is 1.89 bits per heavy atom. The fourth-order valence-electron chi connectivity index (χ4n) is 1.87. The number of benzene rings is 2. The molecule has 0 spiro atoms. The number of aryl methyl sites for hydroxylation is 1. The number of carbonyl (C=O) groups is 1. The Labute approximate surface area is 126 Å². The maximum atomic E-state index is 12.4. The van der Waals surface area contributed by atoms with Crippen LogP contribution in [0, 0.1) is 6.92 Å². The van der Waals surface area contributed by atoms with Gasteiger partial charge in [0.2, 0.25) is 0 Å². The number of halogens is 2. The summed E-state index contributed by atoms with van der Waals surface area (Å²) in [5, 5.41) is 0.593. The lowest BCUT2D eigenvalue weighted by atomic mass is 10.1. The molecule has 0 radical (unpaired) electrons. The average Bonchev–Trinajstić information content (AvgIpc) is 2.41. The molecule has 4 heteroatoms. The van der Waals surface area contributed by atoms with Gasteiger partial charge in [0.25, 0.3) is 5.91 Å². The summed E-state index contributed by atoms with van der Waals surface area (Å²) < 4.78 is 0.721. The Morgan fingerprint density at radius 3 is 2.53 bits per heavy atom. The third kappa shape index (κ3) is 2.99. The summed E-state index contributed by atoms with van der Waals surface area (Å²) in [5.74, 6) is -0.0633. The van der Waals surface area contributed by atoms with Gasteiger partial charge in [-0.25, -0.2) is 0 Å². The van der Waals surface area contributed by atoms with Crippen LogP contribution in [0.5, 0.6) is 0 Å². The van der Waals surface area contributed by atoms with E-state index in [0.29, 0.717) is 10.6 Å². The molecule has 0 saturated heterocycles. The highest BCUT2D eigenvalue weighted by molar-refractivity contribution is 9.10. The molecule has 98 valence electrons. The zero-order valence-electron chi connectivity index (χ0n) is 10.7. The molecular weight excluding hydrogens is 326 g/mol. The number of amides is 1. The summed E-state index contributed by atoms with van der Waals surface area (Å²) in [4.78, 5) is 14.1. The number of hydrogen-bond donors (Lipinski definition) is 0. The number of carbonyl (C=O) groups excluding carboxylic acids is 1. The summed E-state index contributed by atoms with van der Waals surface area (Å²) in [5.41, 5.74) is 2.56. The third-order valence-corrected chi connectivity index (χ3v) is 4.16. The Balaban J connectivity index is 2.34. The van der Waals surface area contributed by atoms with Crippen LogP contribution in [0.15, 0.2) is 46.9 Å². The molecule has 0 aliphatic heterocycles. The summed E-state index contributed by atoms with van der Waals surface area (Å²) in [6.07, 6.45) is 0. The predicted molar refractivity (Wildman–Crippen MR) is 83.1 cm³/mol. The van der Waals surface area contributed by atoms with E-state index in [-0.39, 0.29) is 5.91 Å². The first-order valence-electron chi connectivity index (χ1n) is 5.79. The van der Waals surface area contributed by atoms with Gasteiger partial charge in [-0.15, -0.1) is 0 Å². The van der Waals surface area contributed by atoms with E-state index in [1.807, 2.05) is 31.2 Å². The highest BCUT2D eigenvalue weighted by atomic mass is 79.9. The normalized spacial score (nSPS) is 10.3. The lowest BCUT2D eigenvalue weighted by Gasteiger charge is -2.19. The van der Waals surface area contributed by atoms with Crippen molar-refractivity contribution in [2.24, 2.45) is 0 Å². The van der Waals surface area contributed by atoms with Gasteiger partial charge < -0.3 is 4.90 Å². The van der Waals surface area contributed by atoms with Crippen LogP contribution < -0.4 is 4.90 Å². The van der Waals surface area contributed by atoms with Crippen LogP contribution in [0.3, 0.4) is 0 Å². The maximum absolute atomic E-state index is 12.4. The highest BCUT2D eigenvalue weighted by Gasteiger charge is 2.15. The van der Waals surface area contributed by atoms with Gasteiger partial charge in [0, 0.05) is 22.8 Å². The topological polar surface area (TPSA) is 20.3 Å². The van der Waals surface area contributed by atoms with E-state index < -0.39 is 0 Å². The Kier molecular flexibility index (Phi) is 4.27. The minimum Gasteiger partial charge on any atom is -0.311 e. The van der Waals surface area contributed by atoms with E-state index in [9.17, 15) is 4.79 Å².